The molecule has 1 aromatic heterocycles. The van der Waals surface area contributed by atoms with E-state index in [-0.39, 0.29) is 23.7 Å². The van der Waals surface area contributed by atoms with E-state index < -0.39 is 17.4 Å². The Bertz CT molecular complexity index is 1040. The molecule has 1 unspecified atom stereocenters. The lowest BCUT2D eigenvalue weighted by atomic mass is 9.92. The van der Waals surface area contributed by atoms with Gasteiger partial charge in [-0.3, -0.25) is 19.4 Å². The van der Waals surface area contributed by atoms with Crippen LogP contribution in [0.3, 0.4) is 0 Å². The first kappa shape index (κ1) is 19.9. The van der Waals surface area contributed by atoms with Gasteiger partial charge in [0.05, 0.1) is 37.5 Å². The highest BCUT2D eigenvalue weighted by Gasteiger charge is 2.35. The fourth-order valence-corrected chi connectivity index (χ4v) is 3.65. The predicted octanol–water partition coefficient (Wildman–Crippen LogP) is 0.988. The van der Waals surface area contributed by atoms with Crippen LogP contribution in [-0.2, 0) is 14.3 Å². The number of fused-ring (bicyclic) bond motifs is 1. The van der Waals surface area contributed by atoms with Gasteiger partial charge in [-0.2, -0.15) is 4.98 Å². The Morgan fingerprint density at radius 2 is 2.07 bits per heavy atom. The number of anilines is 3. The molecule has 10 heteroatoms. The van der Waals surface area contributed by atoms with Crippen molar-refractivity contribution in [3.63, 3.8) is 0 Å². The molecule has 2 aromatic rings. The van der Waals surface area contributed by atoms with E-state index in [2.05, 4.69) is 20.6 Å². The zero-order chi connectivity index (χ0) is 21.3. The molecule has 0 radical (unpaired) electrons. The summed E-state index contributed by atoms with van der Waals surface area (Å²) in [6.45, 7) is 4.09. The van der Waals surface area contributed by atoms with Gasteiger partial charge in [-0.15, -0.1) is 0 Å². The lowest BCUT2D eigenvalue weighted by Gasteiger charge is -2.29. The van der Waals surface area contributed by atoms with Crippen LogP contribution in [-0.4, -0.2) is 55.2 Å². The number of hydrogen-bond donors (Lipinski definition) is 3. The van der Waals surface area contributed by atoms with Crippen LogP contribution in [0, 0.1) is 6.92 Å². The summed E-state index contributed by atoms with van der Waals surface area (Å²) in [5.74, 6) is -0.846. The smallest absolute Gasteiger partial charge is 0.258 e. The summed E-state index contributed by atoms with van der Waals surface area (Å²) in [7, 11) is 1.51. The van der Waals surface area contributed by atoms with Crippen LogP contribution < -0.4 is 25.8 Å². The molecule has 1 fully saturated rings. The number of nitrogens with one attached hydrogen (secondary N) is 3. The number of nitrogens with zero attached hydrogens (tertiary/aromatic N) is 2. The molecule has 2 aliphatic rings. The standard InChI is InChI=1S/C20H23N5O5/c1-11-3-4-14(29-2)13(9-11)21-18(27)12-10-15(26)22-17-16(12)19(28)24-20(23-17)25-5-7-30-8-6-25/h3-4,9,12H,5-8,10H2,1-2H3,(H,21,27)(H2,22,23,24,26,28). The van der Waals surface area contributed by atoms with Crippen LogP contribution in [0.2, 0.25) is 0 Å². The number of carbonyl (C=O) groups is 2. The molecule has 158 valence electrons. The number of amides is 2. The number of H-pyrrole nitrogens is 1. The molecule has 10 nitrogen and oxygen atoms in total. The number of benzene rings is 1. The van der Waals surface area contributed by atoms with Crippen molar-refractivity contribution in [3.05, 3.63) is 39.7 Å². The van der Waals surface area contributed by atoms with Crippen molar-refractivity contribution in [1.29, 1.82) is 0 Å². The zero-order valence-corrected chi connectivity index (χ0v) is 16.8. The van der Waals surface area contributed by atoms with Crippen molar-refractivity contribution in [2.75, 3.05) is 48.9 Å². The number of aromatic nitrogens is 2. The van der Waals surface area contributed by atoms with E-state index in [1.54, 1.807) is 12.1 Å². The van der Waals surface area contributed by atoms with Gasteiger partial charge in [-0.05, 0) is 24.6 Å². The highest BCUT2D eigenvalue weighted by molar-refractivity contribution is 6.05. The molecule has 2 aliphatic heterocycles. The summed E-state index contributed by atoms with van der Waals surface area (Å²) in [5, 5.41) is 5.42. The van der Waals surface area contributed by atoms with E-state index in [0.717, 1.165) is 5.56 Å². The van der Waals surface area contributed by atoms with E-state index in [1.165, 1.54) is 7.11 Å². The third-order valence-electron chi connectivity index (χ3n) is 5.18. The third-order valence-corrected chi connectivity index (χ3v) is 5.18. The lowest BCUT2D eigenvalue weighted by Crippen LogP contribution is -2.41. The van der Waals surface area contributed by atoms with Crippen molar-refractivity contribution in [3.8, 4) is 5.75 Å². The molecule has 0 spiro atoms. The number of rotatable bonds is 4. The van der Waals surface area contributed by atoms with E-state index in [9.17, 15) is 14.4 Å². The highest BCUT2D eigenvalue weighted by Crippen LogP contribution is 2.32. The molecule has 4 rings (SSSR count). The largest absolute Gasteiger partial charge is 0.495 e. The van der Waals surface area contributed by atoms with Gasteiger partial charge >= 0.3 is 0 Å². The van der Waals surface area contributed by atoms with E-state index >= 15 is 0 Å². The van der Waals surface area contributed by atoms with Crippen molar-refractivity contribution >= 4 is 29.3 Å². The molecule has 0 bridgehead atoms. The number of ether oxygens (including phenoxy) is 2. The van der Waals surface area contributed by atoms with E-state index in [4.69, 9.17) is 9.47 Å². The Hall–Kier alpha value is -3.40. The molecule has 2 amide bonds. The minimum absolute atomic E-state index is 0.118. The van der Waals surface area contributed by atoms with Crippen LogP contribution in [0.4, 0.5) is 17.5 Å². The first-order chi connectivity index (χ1) is 14.5. The Labute approximate surface area is 172 Å². The van der Waals surface area contributed by atoms with Gasteiger partial charge in [0.15, 0.2) is 0 Å². The first-order valence-corrected chi connectivity index (χ1v) is 9.68. The molecule has 3 heterocycles. The van der Waals surface area contributed by atoms with Crippen molar-refractivity contribution in [2.24, 2.45) is 0 Å². The number of hydrogen-bond acceptors (Lipinski definition) is 7. The van der Waals surface area contributed by atoms with Crippen LogP contribution in [0.25, 0.3) is 0 Å². The molecular weight excluding hydrogens is 390 g/mol. The van der Waals surface area contributed by atoms with Crippen molar-refractivity contribution < 1.29 is 19.1 Å². The quantitative estimate of drug-likeness (QED) is 0.682. The molecule has 1 aromatic carbocycles. The van der Waals surface area contributed by atoms with Gasteiger partial charge in [-0.1, -0.05) is 6.07 Å². The minimum atomic E-state index is -0.964. The predicted molar refractivity (Wildman–Crippen MR) is 110 cm³/mol. The molecule has 1 atom stereocenters. The monoisotopic (exact) mass is 413 g/mol. The maximum absolute atomic E-state index is 13.0. The zero-order valence-electron chi connectivity index (χ0n) is 16.8. The van der Waals surface area contributed by atoms with Crippen molar-refractivity contribution in [2.45, 2.75) is 19.3 Å². The van der Waals surface area contributed by atoms with Crippen LogP contribution in [0.5, 0.6) is 5.75 Å². The SMILES string of the molecule is COc1ccc(C)cc1NC(=O)C1CC(=O)Nc2nc(N3CCOCC3)[nH]c(=O)c21. The number of carbonyl (C=O) groups excluding carboxylic acids is 2. The average molecular weight is 413 g/mol. The molecule has 1 saturated heterocycles. The topological polar surface area (TPSA) is 126 Å². The second-order valence-corrected chi connectivity index (χ2v) is 7.25. The Morgan fingerprint density at radius 1 is 1.30 bits per heavy atom. The van der Waals surface area contributed by atoms with Crippen LogP contribution in [0.1, 0.15) is 23.5 Å². The normalized spacial score (nSPS) is 18.4. The maximum Gasteiger partial charge on any atom is 0.258 e. The van der Waals surface area contributed by atoms with Gasteiger partial charge in [-0.25, -0.2) is 0 Å². The number of morpholine rings is 1. The molecule has 30 heavy (non-hydrogen) atoms. The molecular formula is C20H23N5O5. The van der Waals surface area contributed by atoms with Gasteiger partial charge < -0.3 is 25.0 Å². The summed E-state index contributed by atoms with van der Waals surface area (Å²) in [6, 6.07) is 5.37. The van der Waals surface area contributed by atoms with Gasteiger partial charge in [0.1, 0.15) is 11.6 Å². The van der Waals surface area contributed by atoms with Gasteiger partial charge in [0.25, 0.3) is 5.56 Å². The van der Waals surface area contributed by atoms with Crippen LogP contribution >= 0.6 is 0 Å². The second-order valence-electron chi connectivity index (χ2n) is 7.25. The Balaban J connectivity index is 1.66. The minimum Gasteiger partial charge on any atom is -0.495 e. The molecule has 0 saturated carbocycles. The van der Waals surface area contributed by atoms with Crippen LogP contribution in [0.15, 0.2) is 23.0 Å². The lowest BCUT2D eigenvalue weighted by molar-refractivity contribution is -0.123. The number of methoxy groups -OCH3 is 1. The van der Waals surface area contributed by atoms with Gasteiger partial charge in [0.2, 0.25) is 17.8 Å². The Kier molecular flexibility index (Phi) is 5.40. The summed E-state index contributed by atoms with van der Waals surface area (Å²) in [4.78, 5) is 47.2. The number of aryl methyl sites for hydroxylation is 1. The summed E-state index contributed by atoms with van der Waals surface area (Å²) in [6.07, 6.45) is -0.144. The first-order valence-electron chi connectivity index (χ1n) is 9.68. The van der Waals surface area contributed by atoms with E-state index in [0.29, 0.717) is 43.7 Å². The summed E-state index contributed by atoms with van der Waals surface area (Å²) < 4.78 is 10.6. The summed E-state index contributed by atoms with van der Waals surface area (Å²) in [5.41, 5.74) is 1.11. The van der Waals surface area contributed by atoms with E-state index in [1.807, 2.05) is 17.9 Å². The third kappa shape index (κ3) is 3.86. The fourth-order valence-electron chi connectivity index (χ4n) is 3.65. The molecule has 3 N–H and O–H groups in total. The summed E-state index contributed by atoms with van der Waals surface area (Å²) >= 11 is 0. The van der Waals surface area contributed by atoms with Crippen molar-refractivity contribution in [1.82, 2.24) is 9.97 Å². The highest BCUT2D eigenvalue weighted by atomic mass is 16.5. The maximum atomic E-state index is 13.0. The van der Waals surface area contributed by atoms with Gasteiger partial charge in [0, 0.05) is 19.5 Å². The Morgan fingerprint density at radius 3 is 2.80 bits per heavy atom. The average Bonchev–Trinajstić information content (AvgIpc) is 2.73. The fraction of sp³-hybridized carbons (Fsp3) is 0.400. The second kappa shape index (κ2) is 8.15. The number of aromatic amines is 1. The molecule has 0 aliphatic carbocycles.